The molecule has 0 saturated carbocycles. The largest absolute Gasteiger partial charge is 0.406 e. The predicted octanol–water partition coefficient (Wildman–Crippen LogP) is 2.01. The summed E-state index contributed by atoms with van der Waals surface area (Å²) in [5.41, 5.74) is 0. The summed E-state index contributed by atoms with van der Waals surface area (Å²) in [6.45, 7) is 4.45. The van der Waals surface area contributed by atoms with Gasteiger partial charge in [-0.3, -0.25) is 9.59 Å². The molecule has 0 fully saturated rings. The highest BCUT2D eigenvalue weighted by atomic mass is 19.4. The molecule has 0 N–H and O–H groups in total. The molecule has 0 aliphatic heterocycles. The van der Waals surface area contributed by atoms with Crippen molar-refractivity contribution in [3.63, 3.8) is 0 Å². The molecular weight excluding hydrogens is 223 g/mol. The third kappa shape index (κ3) is 4.63. The van der Waals surface area contributed by atoms with Gasteiger partial charge < -0.3 is 4.90 Å². The first kappa shape index (κ1) is 14.9. The molecule has 0 aromatic carbocycles. The molecule has 0 saturated heterocycles. The van der Waals surface area contributed by atoms with Crippen LogP contribution in [0.4, 0.5) is 13.2 Å². The zero-order valence-electron chi connectivity index (χ0n) is 9.76. The van der Waals surface area contributed by atoms with Crippen molar-refractivity contribution in [2.75, 3.05) is 6.54 Å². The molecule has 0 unspecified atom stereocenters. The van der Waals surface area contributed by atoms with Crippen molar-refractivity contribution in [2.24, 2.45) is 5.92 Å². The van der Waals surface area contributed by atoms with Gasteiger partial charge in [0.05, 0.1) is 0 Å². The number of carbonyl (C=O) groups excluding carboxylic acids is 2. The summed E-state index contributed by atoms with van der Waals surface area (Å²) >= 11 is 0. The number of Topliss-reactive ketones (excluding diaryl/α,β-unsaturated/α-hetero) is 1. The first-order valence-electron chi connectivity index (χ1n) is 4.97. The highest BCUT2D eigenvalue weighted by molar-refractivity contribution is 6.36. The minimum absolute atomic E-state index is 0.544. The molecule has 16 heavy (non-hydrogen) atoms. The van der Waals surface area contributed by atoms with Gasteiger partial charge >= 0.3 is 6.18 Å². The second-order valence-corrected chi connectivity index (χ2v) is 4.16. The second kappa shape index (κ2) is 5.32. The van der Waals surface area contributed by atoms with Gasteiger partial charge in [0.15, 0.2) is 0 Å². The molecule has 0 rings (SSSR count). The Morgan fingerprint density at radius 2 is 1.56 bits per heavy atom. The van der Waals surface area contributed by atoms with Gasteiger partial charge in [-0.15, -0.1) is 0 Å². The molecule has 6 heteroatoms. The Bertz CT molecular complexity index is 272. The molecule has 3 nitrogen and oxygen atoms in total. The summed E-state index contributed by atoms with van der Waals surface area (Å²) < 4.78 is 36.6. The molecular formula is C10H16F3NO2. The molecule has 94 valence electrons. The number of hydrogen-bond donors (Lipinski definition) is 0. The monoisotopic (exact) mass is 239 g/mol. The van der Waals surface area contributed by atoms with Crippen molar-refractivity contribution in [3.05, 3.63) is 0 Å². The van der Waals surface area contributed by atoms with E-state index in [2.05, 4.69) is 0 Å². The third-order valence-corrected chi connectivity index (χ3v) is 1.97. The maximum absolute atomic E-state index is 12.2. The normalized spacial score (nSPS) is 12.1. The maximum Gasteiger partial charge on any atom is 0.406 e. The Labute approximate surface area is 92.6 Å². The minimum Gasteiger partial charge on any atom is -0.325 e. The Kier molecular flexibility index (Phi) is 4.96. The van der Waals surface area contributed by atoms with Crippen molar-refractivity contribution in [1.29, 1.82) is 0 Å². The van der Waals surface area contributed by atoms with Crippen molar-refractivity contribution in [2.45, 2.75) is 39.9 Å². The van der Waals surface area contributed by atoms with Crippen LogP contribution < -0.4 is 0 Å². The molecule has 0 radical (unpaired) electrons. The number of ketones is 1. The first-order valence-corrected chi connectivity index (χ1v) is 4.97. The van der Waals surface area contributed by atoms with Crippen LogP contribution in [-0.4, -0.2) is 35.4 Å². The van der Waals surface area contributed by atoms with Gasteiger partial charge in [0, 0.05) is 12.0 Å². The molecule has 0 bridgehead atoms. The van der Waals surface area contributed by atoms with E-state index in [-0.39, 0.29) is 0 Å². The minimum atomic E-state index is -4.49. The Balaban J connectivity index is 4.81. The van der Waals surface area contributed by atoms with E-state index >= 15 is 0 Å². The number of rotatable bonds is 4. The first-order chi connectivity index (χ1) is 7.06. The lowest BCUT2D eigenvalue weighted by Crippen LogP contribution is -2.47. The predicted molar refractivity (Wildman–Crippen MR) is 52.7 cm³/mol. The topological polar surface area (TPSA) is 37.4 Å². The van der Waals surface area contributed by atoms with Crippen LogP contribution in [0.25, 0.3) is 0 Å². The van der Waals surface area contributed by atoms with Crippen LogP contribution in [0, 0.1) is 5.92 Å². The van der Waals surface area contributed by atoms with E-state index in [4.69, 9.17) is 0 Å². The van der Waals surface area contributed by atoms with Gasteiger partial charge in [-0.2, -0.15) is 13.2 Å². The second-order valence-electron chi connectivity index (χ2n) is 4.16. The number of carbonyl (C=O) groups is 2. The molecule has 0 aliphatic carbocycles. The summed E-state index contributed by atoms with van der Waals surface area (Å²) in [4.78, 5) is 23.3. The Morgan fingerprint density at radius 3 is 1.81 bits per heavy atom. The molecule has 0 aromatic heterocycles. The van der Waals surface area contributed by atoms with E-state index in [0.717, 1.165) is 0 Å². The fourth-order valence-electron chi connectivity index (χ4n) is 1.07. The van der Waals surface area contributed by atoms with Gasteiger partial charge in [0.1, 0.15) is 6.54 Å². The average Bonchev–Trinajstić information content (AvgIpc) is 2.09. The number of halogens is 3. The van der Waals surface area contributed by atoms with Crippen LogP contribution in [0.1, 0.15) is 27.7 Å². The standard InChI is InChI=1S/C10H16F3NO2/c1-6(2)8(15)9(16)14(7(3)4)5-10(11,12)13/h6-7H,5H2,1-4H3. The SMILES string of the molecule is CC(C)C(=O)C(=O)N(CC(F)(F)F)C(C)C. The van der Waals surface area contributed by atoms with E-state index in [9.17, 15) is 22.8 Å². The van der Waals surface area contributed by atoms with Gasteiger partial charge in [-0.25, -0.2) is 0 Å². The average molecular weight is 239 g/mol. The molecule has 0 spiro atoms. The number of amides is 1. The lowest BCUT2D eigenvalue weighted by Gasteiger charge is -2.27. The van der Waals surface area contributed by atoms with Gasteiger partial charge in [0.25, 0.3) is 5.91 Å². The summed E-state index contributed by atoms with van der Waals surface area (Å²) in [7, 11) is 0. The van der Waals surface area contributed by atoms with Gasteiger partial charge in [-0.05, 0) is 13.8 Å². The summed E-state index contributed by atoms with van der Waals surface area (Å²) in [5, 5.41) is 0. The fraction of sp³-hybridized carbons (Fsp3) is 0.800. The summed E-state index contributed by atoms with van der Waals surface area (Å²) in [5.74, 6) is -2.46. The molecule has 0 aliphatic rings. The van der Waals surface area contributed by atoms with Crippen LogP contribution in [0.2, 0.25) is 0 Å². The molecule has 1 amide bonds. The smallest absolute Gasteiger partial charge is 0.325 e. The van der Waals surface area contributed by atoms with Gasteiger partial charge in [0.2, 0.25) is 5.78 Å². The maximum atomic E-state index is 12.2. The highest BCUT2D eigenvalue weighted by Crippen LogP contribution is 2.18. The Hall–Kier alpha value is -1.07. The quantitative estimate of drug-likeness (QED) is 0.704. The van der Waals surface area contributed by atoms with Crippen LogP contribution in [0.5, 0.6) is 0 Å². The number of hydrogen-bond acceptors (Lipinski definition) is 2. The zero-order chi connectivity index (χ0) is 13.1. The molecule has 0 aromatic rings. The Morgan fingerprint density at radius 1 is 1.12 bits per heavy atom. The van der Waals surface area contributed by atoms with E-state index in [1.54, 1.807) is 0 Å². The molecule has 0 heterocycles. The summed E-state index contributed by atoms with van der Waals surface area (Å²) in [6, 6.07) is -0.656. The van der Waals surface area contributed by atoms with E-state index < -0.39 is 36.4 Å². The van der Waals surface area contributed by atoms with E-state index in [0.29, 0.717) is 4.90 Å². The summed E-state index contributed by atoms with van der Waals surface area (Å²) in [6.07, 6.45) is -4.49. The third-order valence-electron chi connectivity index (χ3n) is 1.97. The molecule has 0 atom stereocenters. The zero-order valence-corrected chi connectivity index (χ0v) is 9.76. The van der Waals surface area contributed by atoms with Crippen molar-refractivity contribution >= 4 is 11.7 Å². The van der Waals surface area contributed by atoms with Crippen molar-refractivity contribution < 1.29 is 22.8 Å². The van der Waals surface area contributed by atoms with Crippen LogP contribution in [-0.2, 0) is 9.59 Å². The van der Waals surface area contributed by atoms with Crippen molar-refractivity contribution in [1.82, 2.24) is 4.90 Å². The van der Waals surface area contributed by atoms with Crippen LogP contribution in [0.3, 0.4) is 0 Å². The highest BCUT2D eigenvalue weighted by Gasteiger charge is 2.36. The van der Waals surface area contributed by atoms with E-state index in [1.807, 2.05) is 0 Å². The lowest BCUT2D eigenvalue weighted by molar-refractivity contribution is -0.167. The number of alkyl halides is 3. The van der Waals surface area contributed by atoms with Crippen molar-refractivity contribution in [3.8, 4) is 0 Å². The van der Waals surface area contributed by atoms with Crippen LogP contribution in [0.15, 0.2) is 0 Å². The van der Waals surface area contributed by atoms with E-state index in [1.165, 1.54) is 27.7 Å². The number of nitrogens with zero attached hydrogens (tertiary/aromatic N) is 1. The van der Waals surface area contributed by atoms with Crippen LogP contribution >= 0.6 is 0 Å². The lowest BCUT2D eigenvalue weighted by atomic mass is 10.1. The fourth-order valence-corrected chi connectivity index (χ4v) is 1.07. The van der Waals surface area contributed by atoms with Gasteiger partial charge in [-0.1, -0.05) is 13.8 Å².